The van der Waals surface area contributed by atoms with Crippen LogP contribution in [0.5, 0.6) is 0 Å². The molecule has 1 atom stereocenters. The van der Waals surface area contributed by atoms with Crippen LogP contribution in [0.3, 0.4) is 0 Å². The van der Waals surface area contributed by atoms with Crippen LogP contribution >= 0.6 is 0 Å². The number of likely N-dealkylation sites (N-methyl/N-ethyl adjacent to an activating group) is 1. The molecule has 152 valence electrons. The summed E-state index contributed by atoms with van der Waals surface area (Å²) in [4.78, 5) is 27.7. The third kappa shape index (κ3) is 3.71. The lowest BCUT2D eigenvalue weighted by atomic mass is 9.62. The van der Waals surface area contributed by atoms with Gasteiger partial charge in [-0.3, -0.25) is 4.79 Å². The van der Waals surface area contributed by atoms with E-state index < -0.39 is 5.97 Å². The molecule has 2 fully saturated rings. The largest absolute Gasteiger partial charge is 0.478 e. The normalized spacial score (nSPS) is 21.4. The van der Waals surface area contributed by atoms with Crippen molar-refractivity contribution in [3.8, 4) is 0 Å². The second-order valence-electron chi connectivity index (χ2n) is 8.26. The molecule has 1 spiro atoms. The molecule has 1 unspecified atom stereocenters. The quantitative estimate of drug-likeness (QED) is 0.858. The van der Waals surface area contributed by atoms with Crippen LogP contribution in [0.25, 0.3) is 0 Å². The Labute approximate surface area is 169 Å². The number of nitrogens with zero attached hydrogens (tertiary/aromatic N) is 2. The SMILES string of the molecule is CN1CC(c2ccc(F)cc2)C2(CCN(c3ccc(C(=O)O)cc3)CC2)CC1=O. The van der Waals surface area contributed by atoms with Crippen molar-refractivity contribution in [2.24, 2.45) is 5.41 Å². The standard InChI is InChI=1S/C23H25FN2O3/c1-25-15-20(16-2-6-18(24)7-3-16)23(14-21(25)27)10-12-26(13-11-23)19-8-4-17(5-9-19)22(28)29/h2-9,20H,10-15H2,1H3,(H,28,29). The van der Waals surface area contributed by atoms with Gasteiger partial charge < -0.3 is 14.9 Å². The predicted octanol–water partition coefficient (Wildman–Crippen LogP) is 3.76. The molecule has 2 aliphatic heterocycles. The maximum absolute atomic E-state index is 13.4. The number of rotatable bonds is 3. The fourth-order valence-electron chi connectivity index (χ4n) is 4.83. The van der Waals surface area contributed by atoms with Gasteiger partial charge >= 0.3 is 5.97 Å². The van der Waals surface area contributed by atoms with E-state index in [9.17, 15) is 14.0 Å². The molecular formula is C23H25FN2O3. The molecule has 0 saturated carbocycles. The van der Waals surface area contributed by atoms with E-state index in [4.69, 9.17) is 5.11 Å². The summed E-state index contributed by atoms with van der Waals surface area (Å²) in [7, 11) is 1.84. The first-order valence-corrected chi connectivity index (χ1v) is 9.96. The maximum Gasteiger partial charge on any atom is 0.335 e. The van der Waals surface area contributed by atoms with Crippen molar-refractivity contribution in [2.75, 3.05) is 31.6 Å². The summed E-state index contributed by atoms with van der Waals surface area (Å²) in [6.45, 7) is 2.26. The Morgan fingerprint density at radius 2 is 1.69 bits per heavy atom. The van der Waals surface area contributed by atoms with E-state index in [-0.39, 0.29) is 28.6 Å². The Kier molecular flexibility index (Phi) is 5.03. The van der Waals surface area contributed by atoms with Gasteiger partial charge in [0.2, 0.25) is 5.91 Å². The lowest BCUT2D eigenvalue weighted by Gasteiger charge is -2.51. The van der Waals surface area contributed by atoms with Crippen LogP contribution in [-0.2, 0) is 4.79 Å². The van der Waals surface area contributed by atoms with Crippen LogP contribution in [0.2, 0.25) is 0 Å². The molecule has 0 aliphatic carbocycles. The molecule has 2 aromatic rings. The van der Waals surface area contributed by atoms with E-state index in [1.807, 2.05) is 31.3 Å². The maximum atomic E-state index is 13.4. The molecule has 5 nitrogen and oxygen atoms in total. The average Bonchev–Trinajstić information content (AvgIpc) is 2.72. The third-order valence-electron chi connectivity index (χ3n) is 6.64. The van der Waals surface area contributed by atoms with E-state index in [2.05, 4.69) is 4.90 Å². The van der Waals surface area contributed by atoms with Crippen molar-refractivity contribution >= 4 is 17.6 Å². The van der Waals surface area contributed by atoms with Crippen LogP contribution in [0, 0.1) is 11.2 Å². The highest BCUT2D eigenvalue weighted by molar-refractivity contribution is 5.88. The molecule has 0 aromatic heterocycles. The van der Waals surface area contributed by atoms with E-state index >= 15 is 0 Å². The fourth-order valence-corrected chi connectivity index (χ4v) is 4.83. The van der Waals surface area contributed by atoms with Gasteiger partial charge in [0.05, 0.1) is 5.56 Å². The summed E-state index contributed by atoms with van der Waals surface area (Å²) >= 11 is 0. The summed E-state index contributed by atoms with van der Waals surface area (Å²) in [6.07, 6.45) is 2.25. The highest BCUT2D eigenvalue weighted by atomic mass is 19.1. The van der Waals surface area contributed by atoms with Gasteiger partial charge in [-0.1, -0.05) is 12.1 Å². The second-order valence-corrected chi connectivity index (χ2v) is 8.26. The lowest BCUT2D eigenvalue weighted by Crippen LogP contribution is -2.52. The summed E-state index contributed by atoms with van der Waals surface area (Å²) in [5.41, 5.74) is 2.24. The van der Waals surface area contributed by atoms with E-state index in [1.54, 1.807) is 17.0 Å². The Bertz CT molecular complexity index is 903. The number of piperidine rings is 2. The van der Waals surface area contributed by atoms with Crippen molar-refractivity contribution < 1.29 is 19.1 Å². The fraction of sp³-hybridized carbons (Fsp3) is 0.391. The van der Waals surface area contributed by atoms with Crippen LogP contribution < -0.4 is 4.90 Å². The van der Waals surface area contributed by atoms with Gasteiger partial charge in [0, 0.05) is 44.7 Å². The van der Waals surface area contributed by atoms with E-state index in [0.717, 1.165) is 37.2 Å². The van der Waals surface area contributed by atoms with Crippen molar-refractivity contribution in [2.45, 2.75) is 25.2 Å². The molecule has 1 amide bonds. The Hall–Kier alpha value is -2.89. The summed E-state index contributed by atoms with van der Waals surface area (Å²) in [5.74, 6) is -0.825. The van der Waals surface area contributed by atoms with Crippen LogP contribution in [0.1, 0.15) is 41.1 Å². The zero-order valence-electron chi connectivity index (χ0n) is 16.5. The molecule has 0 radical (unpaired) electrons. The molecule has 2 saturated heterocycles. The van der Waals surface area contributed by atoms with Crippen molar-refractivity contribution in [3.05, 3.63) is 65.5 Å². The highest BCUT2D eigenvalue weighted by Crippen LogP contribution is 2.50. The lowest BCUT2D eigenvalue weighted by molar-refractivity contribution is -0.138. The number of anilines is 1. The molecular weight excluding hydrogens is 371 g/mol. The van der Waals surface area contributed by atoms with Gasteiger partial charge in [0.25, 0.3) is 0 Å². The van der Waals surface area contributed by atoms with Gasteiger partial charge in [-0.25, -0.2) is 9.18 Å². The summed E-state index contributed by atoms with van der Waals surface area (Å²) < 4.78 is 13.4. The first kappa shape index (κ1) is 19.4. The van der Waals surface area contributed by atoms with Gasteiger partial charge in [-0.05, 0) is 60.2 Å². The number of carbonyl (C=O) groups is 2. The zero-order chi connectivity index (χ0) is 20.6. The van der Waals surface area contributed by atoms with Gasteiger partial charge in [0.1, 0.15) is 5.82 Å². The highest BCUT2D eigenvalue weighted by Gasteiger charge is 2.47. The summed E-state index contributed by atoms with van der Waals surface area (Å²) in [6, 6.07) is 13.6. The number of aromatic carboxylic acids is 1. The predicted molar refractivity (Wildman–Crippen MR) is 109 cm³/mol. The number of carbonyl (C=O) groups excluding carboxylic acids is 1. The molecule has 2 heterocycles. The number of carboxylic acids is 1. The number of likely N-dealkylation sites (tertiary alicyclic amines) is 1. The minimum atomic E-state index is -0.930. The van der Waals surface area contributed by atoms with Crippen LogP contribution in [-0.4, -0.2) is 48.6 Å². The average molecular weight is 396 g/mol. The third-order valence-corrected chi connectivity index (χ3v) is 6.64. The van der Waals surface area contributed by atoms with Gasteiger partial charge in [-0.15, -0.1) is 0 Å². The molecule has 2 aromatic carbocycles. The van der Waals surface area contributed by atoms with Crippen molar-refractivity contribution in [3.63, 3.8) is 0 Å². The first-order valence-electron chi connectivity index (χ1n) is 9.96. The number of hydrogen-bond donors (Lipinski definition) is 1. The molecule has 29 heavy (non-hydrogen) atoms. The van der Waals surface area contributed by atoms with Crippen LogP contribution in [0.4, 0.5) is 10.1 Å². The molecule has 6 heteroatoms. The van der Waals surface area contributed by atoms with Crippen LogP contribution in [0.15, 0.2) is 48.5 Å². The van der Waals surface area contributed by atoms with Gasteiger partial charge in [-0.2, -0.15) is 0 Å². The second kappa shape index (κ2) is 7.50. The Morgan fingerprint density at radius 1 is 1.07 bits per heavy atom. The Balaban J connectivity index is 1.55. The van der Waals surface area contributed by atoms with Gasteiger partial charge in [0.15, 0.2) is 0 Å². The topological polar surface area (TPSA) is 60.9 Å². The van der Waals surface area contributed by atoms with Crippen molar-refractivity contribution in [1.29, 1.82) is 0 Å². The molecule has 4 rings (SSSR count). The molecule has 2 aliphatic rings. The Morgan fingerprint density at radius 3 is 2.28 bits per heavy atom. The smallest absolute Gasteiger partial charge is 0.335 e. The number of amides is 1. The zero-order valence-corrected chi connectivity index (χ0v) is 16.5. The minimum absolute atomic E-state index is 0.126. The number of carboxylic acid groups (broad SMARTS) is 1. The minimum Gasteiger partial charge on any atom is -0.478 e. The van der Waals surface area contributed by atoms with E-state index in [1.165, 1.54) is 12.1 Å². The van der Waals surface area contributed by atoms with Crippen molar-refractivity contribution in [1.82, 2.24) is 4.90 Å². The number of hydrogen-bond acceptors (Lipinski definition) is 3. The monoisotopic (exact) mass is 396 g/mol. The summed E-state index contributed by atoms with van der Waals surface area (Å²) in [5, 5.41) is 9.08. The molecule has 0 bridgehead atoms. The van der Waals surface area contributed by atoms with E-state index in [0.29, 0.717) is 13.0 Å². The number of halogens is 1. The molecule has 1 N–H and O–H groups in total. The number of benzene rings is 2. The first-order chi connectivity index (χ1) is 13.9.